The molecule has 1 fully saturated rings. The molecule has 0 atom stereocenters. The van der Waals surface area contributed by atoms with Crippen LogP contribution in [0.3, 0.4) is 0 Å². The standard InChI is InChI=1S/C23H31N3O5/c1-26(19-6-3-2-4-7-19)11-5-10-24-23(27)15-28-14-18-13-21(31-25-18)17-8-9-20-22(12-17)30-16-29-20/h8-9,12-13,19H,2-7,10-11,14-16H2,1H3,(H,24,27). The second kappa shape index (κ2) is 10.6. The van der Waals surface area contributed by atoms with Crippen molar-refractivity contribution in [1.82, 2.24) is 15.4 Å². The van der Waals surface area contributed by atoms with Gasteiger partial charge in [0.1, 0.15) is 12.3 Å². The van der Waals surface area contributed by atoms with E-state index in [1.807, 2.05) is 18.2 Å². The minimum absolute atomic E-state index is 0.00464. The average Bonchev–Trinajstić information content (AvgIpc) is 3.46. The quantitative estimate of drug-likeness (QED) is 0.580. The highest BCUT2D eigenvalue weighted by molar-refractivity contribution is 5.77. The summed E-state index contributed by atoms with van der Waals surface area (Å²) in [7, 11) is 2.19. The van der Waals surface area contributed by atoms with E-state index in [1.54, 1.807) is 6.07 Å². The van der Waals surface area contributed by atoms with E-state index in [0.29, 0.717) is 29.8 Å². The first kappa shape index (κ1) is 21.6. The number of nitrogens with zero attached hydrogens (tertiary/aromatic N) is 2. The van der Waals surface area contributed by atoms with Crippen LogP contribution in [0, 0.1) is 0 Å². The molecule has 2 aliphatic rings. The summed E-state index contributed by atoms with van der Waals surface area (Å²) in [6, 6.07) is 8.09. The van der Waals surface area contributed by atoms with E-state index in [2.05, 4.69) is 22.4 Å². The van der Waals surface area contributed by atoms with Gasteiger partial charge in [-0.3, -0.25) is 4.79 Å². The van der Waals surface area contributed by atoms with Gasteiger partial charge in [-0.25, -0.2) is 0 Å². The molecule has 0 spiro atoms. The Morgan fingerprint density at radius 1 is 1.19 bits per heavy atom. The summed E-state index contributed by atoms with van der Waals surface area (Å²) in [5, 5.41) is 6.93. The largest absolute Gasteiger partial charge is 0.454 e. The molecule has 8 heteroatoms. The Kier molecular flexibility index (Phi) is 7.43. The van der Waals surface area contributed by atoms with Crippen molar-refractivity contribution in [2.24, 2.45) is 0 Å². The molecule has 1 aliphatic heterocycles. The number of ether oxygens (including phenoxy) is 3. The van der Waals surface area contributed by atoms with Crippen LogP contribution in [0.1, 0.15) is 44.2 Å². The van der Waals surface area contributed by atoms with Gasteiger partial charge in [-0.05, 0) is 51.1 Å². The number of fused-ring (bicyclic) bond motifs is 1. The molecule has 1 aromatic heterocycles. The molecule has 2 heterocycles. The summed E-state index contributed by atoms with van der Waals surface area (Å²) >= 11 is 0. The van der Waals surface area contributed by atoms with Gasteiger partial charge in [-0.15, -0.1) is 0 Å². The van der Waals surface area contributed by atoms with Crippen molar-refractivity contribution in [3.63, 3.8) is 0 Å². The van der Waals surface area contributed by atoms with Crippen molar-refractivity contribution in [1.29, 1.82) is 0 Å². The van der Waals surface area contributed by atoms with Gasteiger partial charge in [-0.2, -0.15) is 0 Å². The van der Waals surface area contributed by atoms with Crippen molar-refractivity contribution in [2.45, 2.75) is 51.2 Å². The fourth-order valence-electron chi connectivity index (χ4n) is 4.13. The Hall–Kier alpha value is -2.58. The molecule has 168 valence electrons. The second-order valence-electron chi connectivity index (χ2n) is 8.22. The van der Waals surface area contributed by atoms with E-state index in [0.717, 1.165) is 24.3 Å². The molecule has 1 saturated carbocycles. The number of amides is 1. The van der Waals surface area contributed by atoms with Gasteiger partial charge in [0.2, 0.25) is 12.7 Å². The first-order valence-electron chi connectivity index (χ1n) is 11.1. The zero-order chi connectivity index (χ0) is 21.5. The predicted molar refractivity (Wildman–Crippen MR) is 115 cm³/mol. The molecule has 1 aromatic carbocycles. The van der Waals surface area contributed by atoms with Crippen LogP contribution in [0.2, 0.25) is 0 Å². The summed E-state index contributed by atoms with van der Waals surface area (Å²) in [6.07, 6.45) is 7.60. The van der Waals surface area contributed by atoms with E-state index in [1.165, 1.54) is 32.1 Å². The topological polar surface area (TPSA) is 86.1 Å². The van der Waals surface area contributed by atoms with E-state index in [4.69, 9.17) is 18.7 Å². The number of aromatic nitrogens is 1. The highest BCUT2D eigenvalue weighted by atomic mass is 16.7. The number of nitrogens with one attached hydrogen (secondary N) is 1. The summed E-state index contributed by atoms with van der Waals surface area (Å²) in [5.41, 5.74) is 1.48. The molecule has 8 nitrogen and oxygen atoms in total. The number of rotatable bonds is 10. The van der Waals surface area contributed by atoms with Gasteiger partial charge in [-0.1, -0.05) is 24.4 Å². The zero-order valence-electron chi connectivity index (χ0n) is 18.1. The number of benzene rings is 1. The first-order chi connectivity index (χ1) is 15.2. The molecule has 31 heavy (non-hydrogen) atoms. The highest BCUT2D eigenvalue weighted by Crippen LogP contribution is 2.36. The predicted octanol–water partition coefficient (Wildman–Crippen LogP) is 3.36. The van der Waals surface area contributed by atoms with E-state index in [9.17, 15) is 4.79 Å². The number of carbonyl (C=O) groups is 1. The minimum atomic E-state index is -0.111. The molecule has 4 rings (SSSR count). The maximum absolute atomic E-state index is 12.0. The smallest absolute Gasteiger partial charge is 0.246 e. The third-order valence-corrected chi connectivity index (χ3v) is 5.91. The maximum atomic E-state index is 12.0. The van der Waals surface area contributed by atoms with Gasteiger partial charge < -0.3 is 29.0 Å². The van der Waals surface area contributed by atoms with Gasteiger partial charge >= 0.3 is 0 Å². The van der Waals surface area contributed by atoms with Crippen LogP contribution in [0.25, 0.3) is 11.3 Å². The molecule has 1 aliphatic carbocycles. The fraction of sp³-hybridized carbons (Fsp3) is 0.565. The fourth-order valence-corrected chi connectivity index (χ4v) is 4.13. The number of carbonyl (C=O) groups excluding carboxylic acids is 1. The maximum Gasteiger partial charge on any atom is 0.246 e. The van der Waals surface area contributed by atoms with Gasteiger partial charge in [0.15, 0.2) is 17.3 Å². The molecule has 0 bridgehead atoms. The first-order valence-corrected chi connectivity index (χ1v) is 11.1. The molecule has 1 amide bonds. The van der Waals surface area contributed by atoms with E-state index in [-0.39, 0.29) is 25.9 Å². The average molecular weight is 430 g/mol. The highest BCUT2D eigenvalue weighted by Gasteiger charge is 2.18. The minimum Gasteiger partial charge on any atom is -0.454 e. The van der Waals surface area contributed by atoms with Crippen LogP contribution in [0.15, 0.2) is 28.8 Å². The van der Waals surface area contributed by atoms with Crippen molar-refractivity contribution < 1.29 is 23.5 Å². The van der Waals surface area contributed by atoms with Crippen LogP contribution in [-0.4, -0.2) is 55.5 Å². The lowest BCUT2D eigenvalue weighted by Crippen LogP contribution is -2.36. The van der Waals surface area contributed by atoms with Crippen LogP contribution in [0.5, 0.6) is 11.5 Å². The van der Waals surface area contributed by atoms with Crippen molar-refractivity contribution >= 4 is 5.91 Å². The van der Waals surface area contributed by atoms with Crippen molar-refractivity contribution in [3.05, 3.63) is 30.0 Å². The lowest BCUT2D eigenvalue weighted by atomic mass is 9.94. The third kappa shape index (κ3) is 5.98. The Morgan fingerprint density at radius 2 is 2.03 bits per heavy atom. The Bertz CT molecular complexity index is 863. The Labute approximate surface area is 182 Å². The molecule has 0 radical (unpaired) electrons. The third-order valence-electron chi connectivity index (χ3n) is 5.91. The SMILES string of the molecule is CN(CCCNC(=O)COCc1cc(-c2ccc3c(c2)OCO3)on1)C1CCCCC1. The summed E-state index contributed by atoms with van der Waals surface area (Å²) in [4.78, 5) is 14.4. The second-order valence-corrected chi connectivity index (χ2v) is 8.22. The van der Waals surface area contributed by atoms with Crippen molar-refractivity contribution in [3.8, 4) is 22.8 Å². The summed E-state index contributed by atoms with van der Waals surface area (Å²) in [5.74, 6) is 1.91. The molecule has 1 N–H and O–H groups in total. The van der Waals surface area contributed by atoms with E-state index >= 15 is 0 Å². The summed E-state index contributed by atoms with van der Waals surface area (Å²) < 4.78 is 21.6. The van der Waals surface area contributed by atoms with E-state index < -0.39 is 0 Å². The van der Waals surface area contributed by atoms with Gasteiger partial charge in [0, 0.05) is 24.2 Å². The monoisotopic (exact) mass is 429 g/mol. The molecular formula is C23H31N3O5. The molecular weight excluding hydrogens is 398 g/mol. The van der Waals surface area contributed by atoms with Crippen molar-refractivity contribution in [2.75, 3.05) is 33.5 Å². The van der Waals surface area contributed by atoms with Gasteiger partial charge in [0.25, 0.3) is 0 Å². The molecule has 2 aromatic rings. The normalized spacial score (nSPS) is 16.1. The molecule has 0 unspecified atom stereocenters. The Morgan fingerprint density at radius 3 is 2.90 bits per heavy atom. The van der Waals surface area contributed by atoms with Crippen LogP contribution in [-0.2, 0) is 16.1 Å². The van der Waals surface area contributed by atoms with Crippen LogP contribution >= 0.6 is 0 Å². The lowest BCUT2D eigenvalue weighted by Gasteiger charge is -2.31. The Balaban J connectivity index is 1.12. The summed E-state index contributed by atoms with van der Waals surface area (Å²) in [6.45, 7) is 2.12. The zero-order valence-corrected chi connectivity index (χ0v) is 18.1. The lowest BCUT2D eigenvalue weighted by molar-refractivity contribution is -0.126. The van der Waals surface area contributed by atoms with Gasteiger partial charge in [0.05, 0.1) is 6.61 Å². The number of hydrogen-bond donors (Lipinski definition) is 1. The number of hydrogen-bond acceptors (Lipinski definition) is 7. The molecule has 0 saturated heterocycles. The van der Waals surface area contributed by atoms with Crippen LogP contribution < -0.4 is 14.8 Å². The van der Waals surface area contributed by atoms with Crippen LogP contribution in [0.4, 0.5) is 0 Å².